The molecule has 0 bridgehead atoms. The predicted octanol–water partition coefficient (Wildman–Crippen LogP) is 0.780. The highest BCUT2D eigenvalue weighted by molar-refractivity contribution is 5.76. The van der Waals surface area contributed by atoms with E-state index in [0.29, 0.717) is 13.2 Å². The lowest BCUT2D eigenvalue weighted by Gasteiger charge is -1.96. The minimum atomic E-state index is -0.234. The van der Waals surface area contributed by atoms with E-state index in [-0.39, 0.29) is 13.3 Å². The van der Waals surface area contributed by atoms with Crippen molar-refractivity contribution in [2.45, 2.75) is 20.3 Å². The highest BCUT2D eigenvalue weighted by atomic mass is 16.5. The van der Waals surface area contributed by atoms with Crippen LogP contribution in [-0.4, -0.2) is 19.1 Å². The SMILES string of the molecule is CC.NC(=O)C1CCOC1.[HH]. The molecule has 0 aromatic carbocycles. The second-order valence-corrected chi connectivity index (χ2v) is 1.96. The molecule has 62 valence electrons. The number of carbonyl (C=O) groups is 1. The van der Waals surface area contributed by atoms with Crippen molar-refractivity contribution < 1.29 is 11.0 Å². The van der Waals surface area contributed by atoms with E-state index in [1.54, 1.807) is 0 Å². The van der Waals surface area contributed by atoms with Gasteiger partial charge < -0.3 is 10.5 Å². The average molecular weight is 147 g/mol. The number of primary amides is 1. The highest BCUT2D eigenvalue weighted by Crippen LogP contribution is 2.10. The Hall–Kier alpha value is -0.570. The lowest BCUT2D eigenvalue weighted by Crippen LogP contribution is -2.22. The summed E-state index contributed by atoms with van der Waals surface area (Å²) in [5.74, 6) is -0.252. The monoisotopic (exact) mass is 147 g/mol. The van der Waals surface area contributed by atoms with E-state index >= 15 is 0 Å². The number of hydrogen-bond donors (Lipinski definition) is 1. The maximum absolute atomic E-state index is 10.3. The quantitative estimate of drug-likeness (QED) is 0.596. The molecule has 1 aliphatic heterocycles. The Balaban J connectivity index is 0. The summed E-state index contributed by atoms with van der Waals surface area (Å²) in [6.45, 7) is 5.21. The summed E-state index contributed by atoms with van der Waals surface area (Å²) in [4.78, 5) is 10.3. The molecule has 1 rings (SSSR count). The third-order valence-corrected chi connectivity index (χ3v) is 1.33. The van der Waals surface area contributed by atoms with Crippen LogP contribution < -0.4 is 5.73 Å². The lowest BCUT2D eigenvalue weighted by atomic mass is 10.1. The molecular formula is C7H17NO2. The molecule has 0 radical (unpaired) electrons. The van der Waals surface area contributed by atoms with Gasteiger partial charge in [-0.05, 0) is 6.42 Å². The largest absolute Gasteiger partial charge is 0.381 e. The Kier molecular flexibility index (Phi) is 4.94. The molecule has 1 aliphatic rings. The van der Waals surface area contributed by atoms with Gasteiger partial charge in [-0.2, -0.15) is 0 Å². The summed E-state index contributed by atoms with van der Waals surface area (Å²) >= 11 is 0. The molecule has 1 amide bonds. The van der Waals surface area contributed by atoms with Gasteiger partial charge in [0.25, 0.3) is 0 Å². The van der Waals surface area contributed by atoms with Gasteiger partial charge in [-0.1, -0.05) is 13.8 Å². The van der Waals surface area contributed by atoms with Gasteiger partial charge in [0.15, 0.2) is 0 Å². The molecule has 0 saturated carbocycles. The normalized spacial score (nSPS) is 23.2. The van der Waals surface area contributed by atoms with Crippen molar-refractivity contribution in [2.75, 3.05) is 13.2 Å². The first-order valence-corrected chi connectivity index (χ1v) is 3.68. The molecule has 1 heterocycles. The minimum Gasteiger partial charge on any atom is -0.381 e. The van der Waals surface area contributed by atoms with Crippen LogP contribution in [0.15, 0.2) is 0 Å². The van der Waals surface area contributed by atoms with Crippen molar-refractivity contribution in [2.24, 2.45) is 11.7 Å². The molecule has 0 aromatic rings. The molecule has 1 atom stereocenters. The zero-order valence-corrected chi connectivity index (χ0v) is 6.59. The summed E-state index contributed by atoms with van der Waals surface area (Å²) in [5, 5.41) is 0. The molecular weight excluding hydrogens is 130 g/mol. The average Bonchev–Trinajstić information content (AvgIpc) is 2.42. The number of hydrogen-bond acceptors (Lipinski definition) is 2. The van der Waals surface area contributed by atoms with Crippen LogP contribution in [0.5, 0.6) is 0 Å². The summed E-state index contributed by atoms with van der Waals surface area (Å²) in [5.41, 5.74) is 4.98. The van der Waals surface area contributed by atoms with E-state index in [0.717, 1.165) is 6.42 Å². The minimum absolute atomic E-state index is 0. The Morgan fingerprint density at radius 3 is 2.50 bits per heavy atom. The fraction of sp³-hybridized carbons (Fsp3) is 0.857. The first-order chi connectivity index (χ1) is 4.80. The zero-order valence-electron chi connectivity index (χ0n) is 6.59. The van der Waals surface area contributed by atoms with Crippen molar-refractivity contribution in [1.82, 2.24) is 0 Å². The smallest absolute Gasteiger partial charge is 0.222 e. The van der Waals surface area contributed by atoms with Gasteiger partial charge in [0.2, 0.25) is 5.91 Å². The molecule has 0 aliphatic carbocycles. The van der Waals surface area contributed by atoms with Crippen molar-refractivity contribution in [1.29, 1.82) is 0 Å². The number of carbonyl (C=O) groups excluding carboxylic acids is 1. The zero-order chi connectivity index (χ0) is 7.98. The van der Waals surface area contributed by atoms with Crippen molar-refractivity contribution >= 4 is 5.91 Å². The third-order valence-electron chi connectivity index (χ3n) is 1.33. The fourth-order valence-electron chi connectivity index (χ4n) is 0.759. The number of ether oxygens (including phenoxy) is 1. The molecule has 1 saturated heterocycles. The molecule has 3 heteroatoms. The van der Waals surface area contributed by atoms with Gasteiger partial charge in [-0.25, -0.2) is 0 Å². The topological polar surface area (TPSA) is 52.3 Å². The molecule has 10 heavy (non-hydrogen) atoms. The summed E-state index contributed by atoms with van der Waals surface area (Å²) in [7, 11) is 0. The first kappa shape index (κ1) is 9.43. The van der Waals surface area contributed by atoms with E-state index < -0.39 is 0 Å². The number of nitrogens with two attached hydrogens (primary N) is 1. The van der Waals surface area contributed by atoms with Gasteiger partial charge in [0.1, 0.15) is 0 Å². The first-order valence-electron chi connectivity index (χ1n) is 3.68. The molecule has 1 unspecified atom stereocenters. The van der Waals surface area contributed by atoms with E-state index in [4.69, 9.17) is 10.5 Å². The second kappa shape index (κ2) is 5.23. The van der Waals surface area contributed by atoms with Crippen molar-refractivity contribution in [3.8, 4) is 0 Å². The molecule has 0 spiro atoms. The Bertz CT molecular complexity index is 103. The van der Waals surface area contributed by atoms with Crippen molar-refractivity contribution in [3.05, 3.63) is 0 Å². The van der Waals surface area contributed by atoms with Crippen LogP contribution in [0.3, 0.4) is 0 Å². The Labute approximate surface area is 63.0 Å². The van der Waals surface area contributed by atoms with Crippen LogP contribution >= 0.6 is 0 Å². The molecule has 3 nitrogen and oxygen atoms in total. The molecule has 2 N–H and O–H groups in total. The maximum Gasteiger partial charge on any atom is 0.222 e. The van der Waals surface area contributed by atoms with Crippen LogP contribution in [-0.2, 0) is 9.53 Å². The maximum atomic E-state index is 10.3. The predicted molar refractivity (Wildman–Crippen MR) is 41.6 cm³/mol. The lowest BCUT2D eigenvalue weighted by molar-refractivity contribution is -0.121. The van der Waals surface area contributed by atoms with Gasteiger partial charge in [0.05, 0.1) is 12.5 Å². The molecule has 0 aromatic heterocycles. The van der Waals surface area contributed by atoms with E-state index in [1.807, 2.05) is 13.8 Å². The summed E-state index contributed by atoms with van der Waals surface area (Å²) in [6, 6.07) is 0. The van der Waals surface area contributed by atoms with Crippen LogP contribution in [0.2, 0.25) is 0 Å². The van der Waals surface area contributed by atoms with Gasteiger partial charge in [-0.3, -0.25) is 4.79 Å². The van der Waals surface area contributed by atoms with Crippen molar-refractivity contribution in [3.63, 3.8) is 0 Å². The van der Waals surface area contributed by atoms with Crippen LogP contribution in [0.1, 0.15) is 21.7 Å². The highest BCUT2D eigenvalue weighted by Gasteiger charge is 2.20. The van der Waals surface area contributed by atoms with Gasteiger partial charge >= 0.3 is 0 Å². The Morgan fingerprint density at radius 2 is 2.30 bits per heavy atom. The number of rotatable bonds is 1. The van der Waals surface area contributed by atoms with Crippen LogP contribution in [0, 0.1) is 5.92 Å². The van der Waals surface area contributed by atoms with Crippen LogP contribution in [0.4, 0.5) is 0 Å². The molecule has 1 fully saturated rings. The standard InChI is InChI=1S/C5H9NO2.C2H6.H2/c6-5(7)4-1-2-8-3-4;1-2;/h4H,1-3H2,(H2,6,7);1-2H3;1H. The Morgan fingerprint density at radius 1 is 1.70 bits per heavy atom. The van der Waals surface area contributed by atoms with Crippen LogP contribution in [0.25, 0.3) is 0 Å². The third kappa shape index (κ3) is 2.82. The summed E-state index contributed by atoms with van der Waals surface area (Å²) < 4.78 is 4.92. The van der Waals surface area contributed by atoms with E-state index in [9.17, 15) is 4.79 Å². The second-order valence-electron chi connectivity index (χ2n) is 1.96. The summed E-state index contributed by atoms with van der Waals surface area (Å²) in [6.07, 6.45) is 0.801. The number of amides is 1. The van der Waals surface area contributed by atoms with Gasteiger partial charge in [0, 0.05) is 8.03 Å². The fourth-order valence-corrected chi connectivity index (χ4v) is 0.759. The van der Waals surface area contributed by atoms with Gasteiger partial charge in [-0.15, -0.1) is 0 Å². The van der Waals surface area contributed by atoms with E-state index in [1.165, 1.54) is 0 Å². The van der Waals surface area contributed by atoms with E-state index in [2.05, 4.69) is 0 Å².